The van der Waals surface area contributed by atoms with Crippen molar-refractivity contribution in [2.24, 2.45) is 0 Å². The van der Waals surface area contributed by atoms with E-state index in [0.717, 1.165) is 16.3 Å². The molecule has 0 aromatic heterocycles. The molecular weight excluding hydrogens is 528 g/mol. The Morgan fingerprint density at radius 3 is 2.33 bits per heavy atom. The molecule has 4 rings (SSSR count). The number of aromatic hydroxyl groups is 1. The predicted octanol–water partition coefficient (Wildman–Crippen LogP) is 4.50. The molecule has 0 aliphatic rings. The topological polar surface area (TPSA) is 127 Å². The van der Waals surface area contributed by atoms with Crippen LogP contribution in [0.5, 0.6) is 5.75 Å². The minimum atomic E-state index is -3.93. The van der Waals surface area contributed by atoms with Crippen LogP contribution >= 0.6 is 0 Å². The fourth-order valence-electron chi connectivity index (χ4n) is 4.68. The summed E-state index contributed by atoms with van der Waals surface area (Å²) in [5.41, 5.74) is 1.56. The number of carbonyl (C=O) groups is 1. The quantitative estimate of drug-likeness (QED) is 0.212. The second-order valence-corrected chi connectivity index (χ2v) is 12.7. The van der Waals surface area contributed by atoms with E-state index in [4.69, 9.17) is 5.11 Å². The third-order valence-electron chi connectivity index (χ3n) is 6.85. The maximum atomic E-state index is 13.3. The van der Waals surface area contributed by atoms with Crippen LogP contribution in [-0.2, 0) is 16.4 Å². The van der Waals surface area contributed by atoms with Crippen LogP contribution in [0, 0.1) is 0 Å². The van der Waals surface area contributed by atoms with E-state index in [1.54, 1.807) is 12.1 Å². The number of hydrogen-bond acceptors (Lipinski definition) is 6. The molecule has 0 saturated heterocycles. The number of sulfonamides is 1. The molecule has 0 aliphatic carbocycles. The summed E-state index contributed by atoms with van der Waals surface area (Å²) in [7, 11) is -2.51. The first kappa shape index (κ1) is 29.2. The first-order valence-electron chi connectivity index (χ1n) is 12.9. The molecule has 4 aromatic carbocycles. The Bertz CT molecular complexity index is 1630. The van der Waals surface area contributed by atoms with E-state index >= 15 is 0 Å². The number of nitrogens with one attached hydrogen (secondary N) is 1. The van der Waals surface area contributed by atoms with Crippen LogP contribution in [0.3, 0.4) is 0 Å². The minimum Gasteiger partial charge on any atom is -0.507 e. The van der Waals surface area contributed by atoms with Crippen molar-refractivity contribution >= 4 is 26.8 Å². The zero-order valence-electron chi connectivity index (χ0n) is 22.7. The molecule has 0 fully saturated rings. The number of carboxylic acids is 1. The van der Waals surface area contributed by atoms with Crippen molar-refractivity contribution in [3.05, 3.63) is 96.1 Å². The number of nitrogens with zero attached hydrogens (tertiary/aromatic N) is 1. The molecule has 0 radical (unpaired) electrons. The van der Waals surface area contributed by atoms with E-state index in [9.17, 15) is 23.4 Å². The molecule has 9 heteroatoms. The van der Waals surface area contributed by atoms with Crippen molar-refractivity contribution in [2.45, 2.75) is 36.8 Å². The number of fused-ring (bicyclic) bond motifs is 1. The molecule has 0 bridgehead atoms. The Morgan fingerprint density at radius 2 is 1.62 bits per heavy atom. The van der Waals surface area contributed by atoms with Crippen LogP contribution in [0.1, 0.15) is 29.8 Å². The van der Waals surface area contributed by atoms with Gasteiger partial charge in [-0.3, -0.25) is 0 Å². The van der Waals surface area contributed by atoms with Gasteiger partial charge >= 0.3 is 5.97 Å². The van der Waals surface area contributed by atoms with Gasteiger partial charge in [-0.05, 0) is 72.0 Å². The second-order valence-electron chi connectivity index (χ2n) is 10.6. The lowest BCUT2D eigenvalue weighted by Gasteiger charge is -2.29. The molecule has 210 valence electrons. The standard InChI is InChI=1S/C31H34N2O6S/c1-31(2,18-21-11-12-22-7-4-5-8-23(22)15-21)32-19-26(34)20-33(3)40(38,39)27-10-6-9-24(16-27)25-13-14-28(30(36)37)29(35)17-25/h4-17,26,32,34-35H,18-20H2,1-3H3,(H,36,37)/t26-/m1/s1. The lowest BCUT2D eigenvalue weighted by molar-refractivity contribution is 0.0693. The Labute approximate surface area is 234 Å². The first-order chi connectivity index (χ1) is 18.9. The van der Waals surface area contributed by atoms with Gasteiger partial charge in [0.15, 0.2) is 0 Å². The molecule has 40 heavy (non-hydrogen) atoms. The van der Waals surface area contributed by atoms with Crippen LogP contribution < -0.4 is 5.32 Å². The van der Waals surface area contributed by atoms with E-state index in [-0.39, 0.29) is 29.1 Å². The molecule has 8 nitrogen and oxygen atoms in total. The number of benzene rings is 4. The van der Waals surface area contributed by atoms with Crippen molar-refractivity contribution < 1.29 is 28.5 Å². The van der Waals surface area contributed by atoms with E-state index in [2.05, 4.69) is 35.6 Å². The number of aromatic carboxylic acids is 1. The van der Waals surface area contributed by atoms with E-state index in [1.807, 2.05) is 26.0 Å². The summed E-state index contributed by atoms with van der Waals surface area (Å²) in [6.45, 7) is 4.18. The van der Waals surface area contributed by atoms with E-state index < -0.39 is 27.8 Å². The number of β-amino-alcohol motifs (C(OH)–C–C–N with tert-alkyl or cyclic N) is 1. The average molecular weight is 563 g/mol. The lowest BCUT2D eigenvalue weighted by Crippen LogP contribution is -2.47. The highest BCUT2D eigenvalue weighted by molar-refractivity contribution is 7.89. The molecule has 0 aliphatic heterocycles. The van der Waals surface area contributed by atoms with Crippen LogP contribution in [0.2, 0.25) is 0 Å². The number of rotatable bonds is 11. The molecule has 4 N–H and O–H groups in total. The van der Waals surface area contributed by atoms with Gasteiger partial charge in [0.05, 0.1) is 11.0 Å². The SMILES string of the molecule is CN(C[C@H](O)CNC(C)(C)Cc1ccc2ccccc2c1)S(=O)(=O)c1cccc(-c2ccc(C(=O)O)c(O)c2)c1. The molecular formula is C31H34N2O6S. The summed E-state index contributed by atoms with van der Waals surface area (Å²) in [6, 6.07) is 24.7. The number of aliphatic hydroxyl groups is 1. The smallest absolute Gasteiger partial charge is 0.339 e. The maximum absolute atomic E-state index is 13.3. The zero-order chi connectivity index (χ0) is 29.1. The average Bonchev–Trinajstić information content (AvgIpc) is 2.91. The largest absolute Gasteiger partial charge is 0.507 e. The summed E-state index contributed by atoms with van der Waals surface area (Å²) in [5, 5.41) is 35.6. The summed E-state index contributed by atoms with van der Waals surface area (Å²) < 4.78 is 27.7. The minimum absolute atomic E-state index is 0.0195. The molecule has 0 saturated carbocycles. The van der Waals surface area contributed by atoms with Crippen molar-refractivity contribution in [3.8, 4) is 16.9 Å². The van der Waals surface area contributed by atoms with Gasteiger partial charge in [0, 0.05) is 25.7 Å². The third-order valence-corrected chi connectivity index (χ3v) is 8.67. The van der Waals surface area contributed by atoms with Crippen molar-refractivity contribution in [2.75, 3.05) is 20.1 Å². The van der Waals surface area contributed by atoms with Crippen LogP contribution in [0.4, 0.5) is 0 Å². The Kier molecular flexibility index (Phi) is 8.60. The molecule has 1 atom stereocenters. The van der Waals surface area contributed by atoms with Gasteiger partial charge < -0.3 is 20.6 Å². The van der Waals surface area contributed by atoms with Gasteiger partial charge in [0.1, 0.15) is 11.3 Å². The van der Waals surface area contributed by atoms with Gasteiger partial charge in [-0.15, -0.1) is 0 Å². The Hall–Kier alpha value is -3.76. The molecule has 0 heterocycles. The van der Waals surface area contributed by atoms with Crippen molar-refractivity contribution in [1.29, 1.82) is 0 Å². The molecule has 0 spiro atoms. The van der Waals surface area contributed by atoms with Gasteiger partial charge in [-0.2, -0.15) is 4.31 Å². The van der Waals surface area contributed by atoms with E-state index in [1.165, 1.54) is 48.2 Å². The third kappa shape index (κ3) is 6.86. The van der Waals surface area contributed by atoms with Gasteiger partial charge in [0.25, 0.3) is 0 Å². The number of likely N-dealkylation sites (N-methyl/N-ethyl adjacent to an activating group) is 1. The predicted molar refractivity (Wildman–Crippen MR) is 156 cm³/mol. The van der Waals surface area contributed by atoms with Crippen LogP contribution in [-0.4, -0.2) is 65.8 Å². The van der Waals surface area contributed by atoms with Gasteiger partial charge in [-0.25, -0.2) is 13.2 Å². The lowest BCUT2D eigenvalue weighted by atomic mass is 9.93. The summed E-state index contributed by atoms with van der Waals surface area (Å²) in [5.74, 6) is -1.67. The van der Waals surface area contributed by atoms with Crippen molar-refractivity contribution in [3.63, 3.8) is 0 Å². The van der Waals surface area contributed by atoms with Gasteiger partial charge in [0.2, 0.25) is 10.0 Å². The number of hydrogen-bond donors (Lipinski definition) is 4. The normalized spacial score (nSPS) is 13.0. The second kappa shape index (κ2) is 11.8. The number of carboxylic acid groups (broad SMARTS) is 1. The molecule has 4 aromatic rings. The highest BCUT2D eigenvalue weighted by Crippen LogP contribution is 2.29. The van der Waals surface area contributed by atoms with Crippen LogP contribution in [0.25, 0.3) is 21.9 Å². The summed E-state index contributed by atoms with van der Waals surface area (Å²) in [4.78, 5) is 11.2. The van der Waals surface area contributed by atoms with E-state index in [0.29, 0.717) is 11.1 Å². The van der Waals surface area contributed by atoms with Crippen LogP contribution in [0.15, 0.2) is 89.8 Å². The summed E-state index contributed by atoms with van der Waals surface area (Å²) in [6.07, 6.45) is -0.214. The molecule has 0 amide bonds. The van der Waals surface area contributed by atoms with Crippen molar-refractivity contribution in [1.82, 2.24) is 9.62 Å². The highest BCUT2D eigenvalue weighted by atomic mass is 32.2. The Morgan fingerprint density at radius 1 is 0.925 bits per heavy atom. The highest BCUT2D eigenvalue weighted by Gasteiger charge is 2.25. The summed E-state index contributed by atoms with van der Waals surface area (Å²) >= 11 is 0. The fraction of sp³-hybridized carbons (Fsp3) is 0.258. The number of aliphatic hydroxyl groups excluding tert-OH is 1. The first-order valence-corrected chi connectivity index (χ1v) is 14.3. The fourth-order valence-corrected chi connectivity index (χ4v) is 5.94. The Balaban J connectivity index is 1.39. The monoisotopic (exact) mass is 562 g/mol. The zero-order valence-corrected chi connectivity index (χ0v) is 23.5. The van der Waals surface area contributed by atoms with Gasteiger partial charge in [-0.1, -0.05) is 60.7 Å². The molecule has 0 unspecified atom stereocenters. The maximum Gasteiger partial charge on any atom is 0.339 e. The number of phenols is 1.